The second kappa shape index (κ2) is 7.26. The first-order chi connectivity index (χ1) is 17.4. The van der Waals surface area contributed by atoms with Crippen molar-refractivity contribution in [3.05, 3.63) is 97.5 Å². The van der Waals surface area contributed by atoms with Crippen LogP contribution in [0.15, 0.2) is 23.1 Å². The molecule has 3 aromatic rings. The van der Waals surface area contributed by atoms with Crippen LogP contribution in [-0.2, 0) is 16.6 Å². The van der Waals surface area contributed by atoms with Gasteiger partial charge in [-0.15, -0.1) is 0 Å². The van der Waals surface area contributed by atoms with E-state index in [-0.39, 0.29) is 0 Å². The number of imide groups is 1. The predicted molar refractivity (Wildman–Crippen MR) is 107 cm³/mol. The normalized spacial score (nSPS) is 23.4. The van der Waals surface area contributed by atoms with Gasteiger partial charge in [0.2, 0.25) is 11.8 Å². The van der Waals surface area contributed by atoms with Crippen LogP contribution in [0.5, 0.6) is 0 Å². The maximum absolute atomic E-state index is 15.1. The van der Waals surface area contributed by atoms with Crippen LogP contribution in [0.25, 0.3) is 0 Å². The number of hydrogen-bond donors (Lipinski definition) is 0. The number of aryl methyl sites for hydroxylation is 1. The maximum Gasteiger partial charge on any atom is 0.274 e. The second-order valence-electron chi connectivity index (χ2n) is 8.99. The van der Waals surface area contributed by atoms with Crippen LogP contribution in [0.3, 0.4) is 0 Å². The van der Waals surface area contributed by atoms with E-state index in [9.17, 15) is 31.9 Å². The van der Waals surface area contributed by atoms with E-state index in [1.54, 1.807) is 0 Å². The molecule has 190 valence electrons. The molecule has 2 aromatic carbocycles. The molecule has 37 heavy (non-hydrogen) atoms. The summed E-state index contributed by atoms with van der Waals surface area (Å²) < 4.78 is 118. The number of pyridine rings is 1. The van der Waals surface area contributed by atoms with Gasteiger partial charge < -0.3 is 4.57 Å². The summed E-state index contributed by atoms with van der Waals surface area (Å²) >= 11 is 0. The molecule has 7 rings (SSSR count). The molecule has 0 unspecified atom stereocenters. The molecule has 1 aliphatic heterocycles. The van der Waals surface area contributed by atoms with Crippen LogP contribution < -0.4 is 10.5 Å². The lowest BCUT2D eigenvalue weighted by Crippen LogP contribution is -2.44. The number of carbonyl (C=O) groups is 2. The van der Waals surface area contributed by atoms with Crippen molar-refractivity contribution >= 4 is 17.5 Å². The van der Waals surface area contributed by atoms with Gasteiger partial charge in [-0.2, -0.15) is 0 Å². The molecule has 2 atom stereocenters. The van der Waals surface area contributed by atoms with Crippen LogP contribution >= 0.6 is 0 Å². The van der Waals surface area contributed by atoms with Gasteiger partial charge in [-0.05, 0) is 12.1 Å². The van der Waals surface area contributed by atoms with Crippen molar-refractivity contribution in [2.24, 2.45) is 18.9 Å². The van der Waals surface area contributed by atoms with Crippen LogP contribution in [0.1, 0.15) is 34.1 Å². The van der Waals surface area contributed by atoms with E-state index in [2.05, 4.69) is 0 Å². The molecule has 0 saturated carbocycles. The lowest BCUT2D eigenvalue weighted by Gasteiger charge is -2.46. The summed E-state index contributed by atoms with van der Waals surface area (Å²) in [6, 6.07) is 2.35. The molecule has 2 heterocycles. The molecular formula is C24H10F8N2O3. The molecule has 13 heteroatoms. The number of rotatable bonds is 1. The summed E-state index contributed by atoms with van der Waals surface area (Å²) in [5.41, 5.74) is -5.87. The summed E-state index contributed by atoms with van der Waals surface area (Å²) in [6.07, 6.45) is 1.28. The highest BCUT2D eigenvalue weighted by Crippen LogP contribution is 2.63. The molecule has 2 amide bonds. The van der Waals surface area contributed by atoms with E-state index < -0.39 is 116 Å². The highest BCUT2D eigenvalue weighted by Gasteiger charge is 2.65. The molecule has 1 saturated heterocycles. The summed E-state index contributed by atoms with van der Waals surface area (Å²) in [5.74, 6) is -28.4. The Morgan fingerprint density at radius 3 is 1.30 bits per heavy atom. The molecule has 0 N–H and O–H groups in total. The average Bonchev–Trinajstić information content (AvgIpc) is 3.15. The fourth-order valence-corrected chi connectivity index (χ4v) is 5.96. The first kappa shape index (κ1) is 23.4. The Balaban J connectivity index is 1.73. The molecule has 4 aliphatic rings. The van der Waals surface area contributed by atoms with E-state index in [0.717, 1.165) is 10.6 Å². The second-order valence-corrected chi connectivity index (χ2v) is 8.99. The summed E-state index contributed by atoms with van der Waals surface area (Å²) in [7, 11) is 1.28. The van der Waals surface area contributed by atoms with E-state index in [4.69, 9.17) is 0 Å². The fraction of sp³-hybridized carbons (Fsp3) is 0.208. The van der Waals surface area contributed by atoms with Gasteiger partial charge in [0.15, 0.2) is 46.5 Å². The summed E-state index contributed by atoms with van der Waals surface area (Å²) in [5, 5.41) is 0. The number of anilines is 1. The fourth-order valence-electron chi connectivity index (χ4n) is 5.96. The Bertz CT molecular complexity index is 1520. The Hall–Kier alpha value is -4.03. The van der Waals surface area contributed by atoms with E-state index in [1.807, 2.05) is 0 Å². The van der Waals surface area contributed by atoms with Crippen LogP contribution in [-0.4, -0.2) is 16.4 Å². The SMILES string of the molecule is Cn1cccc(N2C(=O)[C@@H]3C4c5c(F)c(F)c(F)c(F)c5C(c5c(F)c(F)c(F)c(F)c54)[C@@H]3C2=O)c1=O. The Kier molecular flexibility index (Phi) is 4.59. The minimum Gasteiger partial charge on any atom is -0.317 e. The minimum absolute atomic E-state index is 0.348. The van der Waals surface area contributed by atoms with Gasteiger partial charge >= 0.3 is 0 Å². The van der Waals surface area contributed by atoms with E-state index in [0.29, 0.717) is 4.90 Å². The average molecular weight is 526 g/mol. The topological polar surface area (TPSA) is 59.4 Å². The van der Waals surface area contributed by atoms with Crippen molar-refractivity contribution in [1.29, 1.82) is 0 Å². The van der Waals surface area contributed by atoms with Crippen molar-refractivity contribution in [3.8, 4) is 0 Å². The Morgan fingerprint density at radius 1 is 0.595 bits per heavy atom. The third-order valence-corrected chi connectivity index (χ3v) is 7.39. The monoisotopic (exact) mass is 526 g/mol. The van der Waals surface area contributed by atoms with Gasteiger partial charge in [0, 0.05) is 47.3 Å². The van der Waals surface area contributed by atoms with Gasteiger partial charge in [-0.25, -0.2) is 40.0 Å². The van der Waals surface area contributed by atoms with Crippen molar-refractivity contribution in [2.45, 2.75) is 11.8 Å². The van der Waals surface area contributed by atoms with Crippen molar-refractivity contribution in [1.82, 2.24) is 4.57 Å². The number of aromatic nitrogens is 1. The molecule has 0 radical (unpaired) electrons. The molecular weight excluding hydrogens is 516 g/mol. The predicted octanol–water partition coefficient (Wildman–Crippen LogP) is 3.89. The first-order valence-electron chi connectivity index (χ1n) is 10.7. The van der Waals surface area contributed by atoms with Crippen LogP contribution in [0, 0.1) is 58.4 Å². The number of benzene rings is 2. The molecule has 2 bridgehead atoms. The van der Waals surface area contributed by atoms with E-state index in [1.165, 1.54) is 19.3 Å². The van der Waals surface area contributed by atoms with Crippen molar-refractivity contribution < 1.29 is 44.7 Å². The highest BCUT2D eigenvalue weighted by molar-refractivity contribution is 6.23. The quantitative estimate of drug-likeness (QED) is 0.209. The summed E-state index contributed by atoms with van der Waals surface area (Å²) in [4.78, 5) is 40.0. The third-order valence-electron chi connectivity index (χ3n) is 7.39. The maximum atomic E-state index is 15.1. The minimum atomic E-state index is -2.34. The number of halogens is 8. The zero-order valence-corrected chi connectivity index (χ0v) is 18.2. The molecule has 1 fully saturated rings. The zero-order chi connectivity index (χ0) is 26.8. The van der Waals surface area contributed by atoms with Gasteiger partial charge in [0.05, 0.1) is 11.8 Å². The van der Waals surface area contributed by atoms with Crippen LogP contribution in [0.4, 0.5) is 40.8 Å². The molecule has 1 aromatic heterocycles. The summed E-state index contributed by atoms with van der Waals surface area (Å²) in [6.45, 7) is 0. The largest absolute Gasteiger partial charge is 0.317 e. The number of amides is 2. The number of nitrogens with zero attached hydrogens (tertiary/aromatic N) is 2. The van der Waals surface area contributed by atoms with E-state index >= 15 is 17.6 Å². The number of carbonyl (C=O) groups excluding carboxylic acids is 2. The lowest BCUT2D eigenvalue weighted by molar-refractivity contribution is -0.122. The zero-order valence-electron chi connectivity index (χ0n) is 18.2. The lowest BCUT2D eigenvalue weighted by atomic mass is 9.54. The van der Waals surface area contributed by atoms with Gasteiger partial charge in [-0.3, -0.25) is 14.4 Å². The standard InChI is InChI=1S/C24H10F8N2O3/c1-33-4-2-3-5(22(33)35)34-23(36)12-6-8-10(16(27)20(31)18(29)14(8)25)7(13(12)24(34)37)11-9(6)15(26)19(30)21(32)17(11)28/h2-4,6-7,12-13H,1H3/t6?,7?,12-,13+. The smallest absolute Gasteiger partial charge is 0.274 e. The van der Waals surface area contributed by atoms with Crippen molar-refractivity contribution in [3.63, 3.8) is 0 Å². The van der Waals surface area contributed by atoms with Gasteiger partial charge in [0.25, 0.3) is 5.56 Å². The highest BCUT2D eigenvalue weighted by atomic mass is 19.2. The molecule has 3 aliphatic carbocycles. The van der Waals surface area contributed by atoms with Gasteiger partial charge in [-0.1, -0.05) is 0 Å². The third kappa shape index (κ3) is 2.56. The van der Waals surface area contributed by atoms with Crippen molar-refractivity contribution in [2.75, 3.05) is 4.90 Å². The Labute approximate surface area is 200 Å². The number of hydrogen-bond acceptors (Lipinski definition) is 3. The van der Waals surface area contributed by atoms with Gasteiger partial charge in [0.1, 0.15) is 5.69 Å². The Morgan fingerprint density at radius 2 is 0.946 bits per heavy atom. The van der Waals surface area contributed by atoms with Crippen LogP contribution in [0.2, 0.25) is 0 Å². The first-order valence-corrected chi connectivity index (χ1v) is 10.7. The molecule has 0 spiro atoms. The molecule has 5 nitrogen and oxygen atoms in total.